The number of methoxy groups -OCH3 is 1. The lowest BCUT2D eigenvalue weighted by atomic mass is 9.97. The van der Waals surface area contributed by atoms with Crippen LogP contribution in [0, 0.1) is 11.8 Å². The lowest BCUT2D eigenvalue weighted by Gasteiger charge is -2.27. The molecular formula is C13H25NO2. The summed E-state index contributed by atoms with van der Waals surface area (Å²) in [6.07, 6.45) is 4.96. The summed E-state index contributed by atoms with van der Waals surface area (Å²) >= 11 is 0. The molecule has 0 aromatic carbocycles. The van der Waals surface area contributed by atoms with Gasteiger partial charge in [0.25, 0.3) is 0 Å². The Hall–Kier alpha value is -0.570. The number of ether oxygens (including phenoxy) is 1. The first-order valence-electron chi connectivity index (χ1n) is 6.44. The highest BCUT2D eigenvalue weighted by Crippen LogP contribution is 2.29. The largest absolute Gasteiger partial charge is 0.468 e. The van der Waals surface area contributed by atoms with E-state index in [0.29, 0.717) is 6.04 Å². The number of esters is 1. The SMILES string of the molecule is CCC1CCCC1NC(C(=O)OC)C(C)C. The molecule has 0 aromatic rings. The molecule has 1 rings (SSSR count). The number of hydrogen-bond donors (Lipinski definition) is 1. The molecule has 0 spiro atoms. The molecule has 0 amide bonds. The van der Waals surface area contributed by atoms with Crippen molar-refractivity contribution >= 4 is 5.97 Å². The second-order valence-corrected chi connectivity index (χ2v) is 5.12. The molecule has 0 aromatic heterocycles. The Morgan fingerprint density at radius 2 is 2.12 bits per heavy atom. The summed E-state index contributed by atoms with van der Waals surface area (Å²) in [5.41, 5.74) is 0. The predicted molar refractivity (Wildman–Crippen MR) is 65.2 cm³/mol. The Labute approximate surface area is 98.9 Å². The molecule has 0 heterocycles. The standard InChI is InChI=1S/C13H25NO2/c1-5-10-7-6-8-11(10)14-12(9(2)3)13(15)16-4/h9-12,14H,5-8H2,1-4H3. The summed E-state index contributed by atoms with van der Waals surface area (Å²) in [6.45, 7) is 6.35. The fraction of sp³-hybridized carbons (Fsp3) is 0.923. The summed E-state index contributed by atoms with van der Waals surface area (Å²) in [7, 11) is 1.46. The van der Waals surface area contributed by atoms with Crippen LogP contribution < -0.4 is 5.32 Å². The third kappa shape index (κ3) is 3.21. The van der Waals surface area contributed by atoms with Crippen LogP contribution in [0.3, 0.4) is 0 Å². The van der Waals surface area contributed by atoms with Gasteiger partial charge in [-0.2, -0.15) is 0 Å². The molecule has 3 nitrogen and oxygen atoms in total. The maximum absolute atomic E-state index is 11.7. The van der Waals surface area contributed by atoms with E-state index >= 15 is 0 Å². The van der Waals surface area contributed by atoms with Crippen LogP contribution in [0.5, 0.6) is 0 Å². The van der Waals surface area contributed by atoms with E-state index in [0.717, 1.165) is 5.92 Å². The van der Waals surface area contributed by atoms with Gasteiger partial charge in [0.2, 0.25) is 0 Å². The van der Waals surface area contributed by atoms with Crippen LogP contribution in [0.2, 0.25) is 0 Å². The van der Waals surface area contributed by atoms with E-state index in [9.17, 15) is 4.79 Å². The van der Waals surface area contributed by atoms with Gasteiger partial charge in [0.15, 0.2) is 0 Å². The molecule has 3 atom stereocenters. The van der Waals surface area contributed by atoms with Gasteiger partial charge in [-0.25, -0.2) is 0 Å². The quantitative estimate of drug-likeness (QED) is 0.733. The van der Waals surface area contributed by atoms with Crippen molar-refractivity contribution in [3.63, 3.8) is 0 Å². The van der Waals surface area contributed by atoms with Crippen molar-refractivity contribution in [2.45, 2.75) is 58.5 Å². The lowest BCUT2D eigenvalue weighted by Crippen LogP contribution is -2.48. The van der Waals surface area contributed by atoms with E-state index in [4.69, 9.17) is 4.74 Å². The molecule has 94 valence electrons. The van der Waals surface area contributed by atoms with Crippen molar-refractivity contribution in [1.82, 2.24) is 5.32 Å². The summed E-state index contributed by atoms with van der Waals surface area (Å²) in [6, 6.07) is 0.346. The smallest absolute Gasteiger partial charge is 0.323 e. The normalized spacial score (nSPS) is 27.1. The molecular weight excluding hydrogens is 202 g/mol. The maximum Gasteiger partial charge on any atom is 0.323 e. The minimum atomic E-state index is -0.151. The third-order valence-electron chi connectivity index (χ3n) is 3.70. The summed E-state index contributed by atoms with van der Waals surface area (Å²) in [4.78, 5) is 11.7. The van der Waals surface area contributed by atoms with Crippen LogP contribution in [0.15, 0.2) is 0 Å². The van der Waals surface area contributed by atoms with Gasteiger partial charge in [-0.1, -0.05) is 33.6 Å². The number of rotatable bonds is 5. The fourth-order valence-electron chi connectivity index (χ4n) is 2.64. The zero-order valence-corrected chi connectivity index (χ0v) is 11.0. The summed E-state index contributed by atoms with van der Waals surface area (Å²) in [5.74, 6) is 0.883. The Bertz CT molecular complexity index is 228. The van der Waals surface area contributed by atoms with Crippen LogP contribution in [0.25, 0.3) is 0 Å². The van der Waals surface area contributed by atoms with Crippen molar-refractivity contribution in [3.05, 3.63) is 0 Å². The van der Waals surface area contributed by atoms with E-state index < -0.39 is 0 Å². The highest BCUT2D eigenvalue weighted by molar-refractivity contribution is 5.76. The summed E-state index contributed by atoms with van der Waals surface area (Å²) in [5, 5.41) is 3.49. The van der Waals surface area contributed by atoms with Gasteiger partial charge in [0, 0.05) is 6.04 Å². The molecule has 1 saturated carbocycles. The molecule has 0 aliphatic heterocycles. The van der Waals surface area contributed by atoms with Crippen molar-refractivity contribution in [3.8, 4) is 0 Å². The Kier molecular flexibility index (Phi) is 5.26. The monoisotopic (exact) mass is 227 g/mol. The van der Waals surface area contributed by atoms with Crippen LogP contribution in [-0.2, 0) is 9.53 Å². The van der Waals surface area contributed by atoms with Gasteiger partial charge in [-0.3, -0.25) is 4.79 Å². The highest BCUT2D eigenvalue weighted by atomic mass is 16.5. The zero-order valence-electron chi connectivity index (χ0n) is 11.0. The van der Waals surface area contributed by atoms with Crippen LogP contribution in [-0.4, -0.2) is 25.2 Å². The van der Waals surface area contributed by atoms with Gasteiger partial charge in [0.05, 0.1) is 7.11 Å². The molecule has 1 N–H and O–H groups in total. The number of carbonyl (C=O) groups excluding carboxylic acids is 1. The Morgan fingerprint density at radius 1 is 1.44 bits per heavy atom. The average molecular weight is 227 g/mol. The Morgan fingerprint density at radius 3 is 2.62 bits per heavy atom. The molecule has 1 aliphatic rings. The van der Waals surface area contributed by atoms with E-state index in [1.54, 1.807) is 0 Å². The van der Waals surface area contributed by atoms with Gasteiger partial charge in [0.1, 0.15) is 6.04 Å². The minimum Gasteiger partial charge on any atom is -0.468 e. The first kappa shape index (κ1) is 13.5. The van der Waals surface area contributed by atoms with E-state index in [1.165, 1.54) is 32.8 Å². The van der Waals surface area contributed by atoms with Crippen molar-refractivity contribution in [1.29, 1.82) is 0 Å². The molecule has 16 heavy (non-hydrogen) atoms. The van der Waals surface area contributed by atoms with E-state index in [2.05, 4.69) is 26.1 Å². The number of nitrogens with one attached hydrogen (secondary N) is 1. The van der Waals surface area contributed by atoms with Gasteiger partial charge in [-0.15, -0.1) is 0 Å². The molecule has 0 bridgehead atoms. The highest BCUT2D eigenvalue weighted by Gasteiger charge is 2.31. The van der Waals surface area contributed by atoms with Gasteiger partial charge >= 0.3 is 5.97 Å². The number of carbonyl (C=O) groups is 1. The number of hydrogen-bond acceptors (Lipinski definition) is 3. The predicted octanol–water partition coefficient (Wildman–Crippen LogP) is 2.35. The van der Waals surface area contributed by atoms with Crippen molar-refractivity contribution < 1.29 is 9.53 Å². The average Bonchev–Trinajstić information content (AvgIpc) is 2.71. The molecule has 3 unspecified atom stereocenters. The van der Waals surface area contributed by atoms with Crippen molar-refractivity contribution in [2.75, 3.05) is 7.11 Å². The molecule has 1 fully saturated rings. The molecule has 3 heteroatoms. The molecule has 0 radical (unpaired) electrons. The van der Waals surface area contributed by atoms with E-state index in [1.807, 2.05) is 0 Å². The summed E-state index contributed by atoms with van der Waals surface area (Å²) < 4.78 is 4.85. The van der Waals surface area contributed by atoms with Gasteiger partial charge < -0.3 is 10.1 Å². The maximum atomic E-state index is 11.7. The second-order valence-electron chi connectivity index (χ2n) is 5.12. The van der Waals surface area contributed by atoms with Crippen LogP contribution in [0.4, 0.5) is 0 Å². The fourth-order valence-corrected chi connectivity index (χ4v) is 2.64. The molecule has 1 aliphatic carbocycles. The first-order valence-corrected chi connectivity index (χ1v) is 6.44. The lowest BCUT2D eigenvalue weighted by molar-refractivity contribution is -0.144. The first-order chi connectivity index (χ1) is 7.60. The third-order valence-corrected chi connectivity index (χ3v) is 3.70. The molecule has 0 saturated heterocycles. The topological polar surface area (TPSA) is 38.3 Å². The van der Waals surface area contributed by atoms with Crippen molar-refractivity contribution in [2.24, 2.45) is 11.8 Å². The van der Waals surface area contributed by atoms with E-state index in [-0.39, 0.29) is 17.9 Å². The van der Waals surface area contributed by atoms with Crippen LogP contribution in [0.1, 0.15) is 46.5 Å². The zero-order chi connectivity index (χ0) is 12.1. The van der Waals surface area contributed by atoms with Gasteiger partial charge in [-0.05, 0) is 24.7 Å². The second kappa shape index (κ2) is 6.24. The van der Waals surface area contributed by atoms with Crippen LogP contribution >= 0.6 is 0 Å². The Balaban J connectivity index is 2.57. The minimum absolute atomic E-state index is 0.128.